The first-order valence-electron chi connectivity index (χ1n) is 7.65. The molecule has 4 N–H and O–H groups in total. The van der Waals surface area contributed by atoms with E-state index in [1.165, 1.54) is 18.3 Å². The standard InChI is InChI=1S/C14H19N5O4S/c1-2-16-24(22,23)10-5-12(15-7-10)14(21)19-4-3-9(8-19)11-6-13(20)18-17-11/h5-7,9,15-16H,2-4,8H2,1H3,(H2,17,18,20). The van der Waals surface area contributed by atoms with E-state index in [0.29, 0.717) is 13.1 Å². The Morgan fingerprint density at radius 2 is 2.17 bits per heavy atom. The molecular weight excluding hydrogens is 334 g/mol. The minimum Gasteiger partial charge on any atom is -0.356 e. The van der Waals surface area contributed by atoms with Crippen LogP contribution in [-0.4, -0.2) is 54.0 Å². The second kappa shape index (κ2) is 6.29. The van der Waals surface area contributed by atoms with Crippen molar-refractivity contribution in [2.24, 2.45) is 0 Å². The predicted octanol–water partition coefficient (Wildman–Crippen LogP) is -0.0410. The highest BCUT2D eigenvalue weighted by atomic mass is 32.2. The van der Waals surface area contributed by atoms with E-state index >= 15 is 0 Å². The molecule has 0 radical (unpaired) electrons. The van der Waals surface area contributed by atoms with E-state index in [9.17, 15) is 18.0 Å². The second-order valence-electron chi connectivity index (χ2n) is 5.70. The van der Waals surface area contributed by atoms with Crippen molar-refractivity contribution in [2.45, 2.75) is 24.2 Å². The first-order valence-corrected chi connectivity index (χ1v) is 9.14. The molecule has 1 fully saturated rings. The second-order valence-corrected chi connectivity index (χ2v) is 7.47. The number of rotatable bonds is 5. The van der Waals surface area contributed by atoms with E-state index in [1.807, 2.05) is 0 Å². The monoisotopic (exact) mass is 353 g/mol. The zero-order valence-electron chi connectivity index (χ0n) is 13.1. The van der Waals surface area contributed by atoms with Crippen molar-refractivity contribution in [3.8, 4) is 0 Å². The number of carbonyl (C=O) groups excluding carboxylic acids is 1. The van der Waals surface area contributed by atoms with Crippen LogP contribution in [0.1, 0.15) is 35.4 Å². The number of hydrogen-bond donors (Lipinski definition) is 4. The van der Waals surface area contributed by atoms with E-state index < -0.39 is 10.0 Å². The van der Waals surface area contributed by atoms with Crippen molar-refractivity contribution in [3.63, 3.8) is 0 Å². The van der Waals surface area contributed by atoms with Crippen LogP contribution in [0, 0.1) is 0 Å². The van der Waals surface area contributed by atoms with Crippen LogP contribution in [-0.2, 0) is 10.0 Å². The summed E-state index contributed by atoms with van der Waals surface area (Å²) in [6.07, 6.45) is 2.05. The summed E-state index contributed by atoms with van der Waals surface area (Å²) in [6, 6.07) is 2.83. The highest BCUT2D eigenvalue weighted by Crippen LogP contribution is 2.26. The van der Waals surface area contributed by atoms with Gasteiger partial charge in [0, 0.05) is 43.5 Å². The molecular formula is C14H19N5O4S. The quantitative estimate of drug-likeness (QED) is 0.600. The number of nitrogens with one attached hydrogen (secondary N) is 4. The maximum absolute atomic E-state index is 12.5. The van der Waals surface area contributed by atoms with Gasteiger partial charge in [-0.15, -0.1) is 0 Å². The van der Waals surface area contributed by atoms with Gasteiger partial charge in [-0.3, -0.25) is 14.7 Å². The first kappa shape index (κ1) is 16.5. The van der Waals surface area contributed by atoms with Gasteiger partial charge < -0.3 is 15.0 Å². The SMILES string of the molecule is CCNS(=O)(=O)c1c[nH]c(C(=O)N2CCC(c3cc(=O)[nH][nH]3)C2)c1. The summed E-state index contributed by atoms with van der Waals surface area (Å²) in [5.74, 6) is -0.193. The molecule has 1 atom stereocenters. The molecule has 0 saturated carbocycles. The first-order chi connectivity index (χ1) is 11.4. The van der Waals surface area contributed by atoms with Crippen LogP contribution in [0.2, 0.25) is 0 Å². The number of carbonyl (C=O) groups is 1. The Kier molecular flexibility index (Phi) is 4.33. The van der Waals surface area contributed by atoms with E-state index in [4.69, 9.17) is 0 Å². The number of hydrogen-bond acceptors (Lipinski definition) is 4. The maximum atomic E-state index is 12.5. The minimum absolute atomic E-state index is 0.0402. The summed E-state index contributed by atoms with van der Waals surface area (Å²) >= 11 is 0. The molecule has 1 aliphatic heterocycles. The lowest BCUT2D eigenvalue weighted by Gasteiger charge is -2.15. The van der Waals surface area contributed by atoms with Gasteiger partial charge in [0.25, 0.3) is 11.5 Å². The number of H-pyrrole nitrogens is 3. The molecule has 0 aromatic carbocycles. The fourth-order valence-electron chi connectivity index (χ4n) is 2.86. The molecule has 0 aliphatic carbocycles. The summed E-state index contributed by atoms with van der Waals surface area (Å²) in [4.78, 5) is 28.1. The van der Waals surface area contributed by atoms with Gasteiger partial charge in [0.1, 0.15) is 10.6 Å². The molecule has 2 aromatic heterocycles. The van der Waals surface area contributed by atoms with Crippen LogP contribution in [0.5, 0.6) is 0 Å². The van der Waals surface area contributed by atoms with E-state index in [2.05, 4.69) is 19.9 Å². The van der Waals surface area contributed by atoms with Gasteiger partial charge in [0.05, 0.1) is 0 Å². The van der Waals surface area contributed by atoms with Gasteiger partial charge in [0.15, 0.2) is 0 Å². The summed E-state index contributed by atoms with van der Waals surface area (Å²) in [5.41, 5.74) is 0.810. The van der Waals surface area contributed by atoms with Crippen LogP contribution < -0.4 is 10.3 Å². The molecule has 1 unspecified atom stereocenters. The zero-order valence-corrected chi connectivity index (χ0v) is 13.9. The molecule has 0 bridgehead atoms. The minimum atomic E-state index is -3.59. The third-order valence-electron chi connectivity index (χ3n) is 4.06. The van der Waals surface area contributed by atoms with Crippen molar-refractivity contribution in [2.75, 3.05) is 19.6 Å². The topological polar surface area (TPSA) is 131 Å². The van der Waals surface area contributed by atoms with Crippen molar-refractivity contribution < 1.29 is 13.2 Å². The summed E-state index contributed by atoms with van der Waals surface area (Å²) in [7, 11) is -3.59. The van der Waals surface area contributed by atoms with Gasteiger partial charge >= 0.3 is 0 Å². The summed E-state index contributed by atoms with van der Waals surface area (Å²) in [6.45, 7) is 2.98. The van der Waals surface area contributed by atoms with Crippen molar-refractivity contribution >= 4 is 15.9 Å². The van der Waals surface area contributed by atoms with Crippen LogP contribution in [0.25, 0.3) is 0 Å². The van der Waals surface area contributed by atoms with Crippen molar-refractivity contribution in [1.29, 1.82) is 0 Å². The highest BCUT2D eigenvalue weighted by Gasteiger charge is 2.30. The molecule has 0 spiro atoms. The lowest BCUT2D eigenvalue weighted by atomic mass is 10.1. The fraction of sp³-hybridized carbons (Fsp3) is 0.429. The predicted molar refractivity (Wildman–Crippen MR) is 86.3 cm³/mol. The van der Waals surface area contributed by atoms with Gasteiger partial charge in [-0.25, -0.2) is 13.1 Å². The Morgan fingerprint density at radius 1 is 1.38 bits per heavy atom. The van der Waals surface area contributed by atoms with E-state index in [-0.39, 0.29) is 34.5 Å². The molecule has 10 heteroatoms. The Labute approximate surface area is 138 Å². The number of nitrogens with zero attached hydrogens (tertiary/aromatic N) is 1. The Balaban J connectivity index is 1.72. The number of aromatic nitrogens is 3. The van der Waals surface area contributed by atoms with Gasteiger partial charge in [-0.2, -0.15) is 0 Å². The zero-order chi connectivity index (χ0) is 17.3. The van der Waals surface area contributed by atoms with Gasteiger partial charge in [-0.1, -0.05) is 6.92 Å². The Hall–Kier alpha value is -2.33. The van der Waals surface area contributed by atoms with Crippen molar-refractivity contribution in [3.05, 3.63) is 40.1 Å². The Bertz CT molecular complexity index is 894. The molecule has 1 aliphatic rings. The maximum Gasteiger partial charge on any atom is 0.270 e. The molecule has 9 nitrogen and oxygen atoms in total. The molecule has 3 heterocycles. The molecule has 1 amide bonds. The molecule has 3 rings (SSSR count). The molecule has 130 valence electrons. The van der Waals surface area contributed by atoms with Crippen LogP contribution in [0.3, 0.4) is 0 Å². The molecule has 2 aromatic rings. The number of aromatic amines is 3. The summed E-state index contributed by atoms with van der Waals surface area (Å²) < 4.78 is 26.3. The fourth-order valence-corrected chi connectivity index (χ4v) is 3.90. The van der Waals surface area contributed by atoms with Crippen LogP contribution >= 0.6 is 0 Å². The van der Waals surface area contributed by atoms with Crippen LogP contribution in [0.15, 0.2) is 28.0 Å². The average Bonchev–Trinajstić information content (AvgIpc) is 3.26. The van der Waals surface area contributed by atoms with Gasteiger partial charge in [0.2, 0.25) is 10.0 Å². The number of amides is 1. The Morgan fingerprint density at radius 3 is 2.83 bits per heavy atom. The normalized spacial score (nSPS) is 18.2. The highest BCUT2D eigenvalue weighted by molar-refractivity contribution is 7.89. The number of likely N-dealkylation sites (tertiary alicyclic amines) is 1. The van der Waals surface area contributed by atoms with E-state index in [0.717, 1.165) is 12.1 Å². The third kappa shape index (κ3) is 3.15. The molecule has 24 heavy (non-hydrogen) atoms. The van der Waals surface area contributed by atoms with E-state index in [1.54, 1.807) is 11.8 Å². The van der Waals surface area contributed by atoms with Gasteiger partial charge in [-0.05, 0) is 12.5 Å². The lowest BCUT2D eigenvalue weighted by molar-refractivity contribution is 0.0785. The average molecular weight is 353 g/mol. The molecule has 1 saturated heterocycles. The lowest BCUT2D eigenvalue weighted by Crippen LogP contribution is -2.28. The largest absolute Gasteiger partial charge is 0.356 e. The van der Waals surface area contributed by atoms with Crippen molar-refractivity contribution in [1.82, 2.24) is 24.8 Å². The third-order valence-corrected chi connectivity index (χ3v) is 5.59. The van der Waals surface area contributed by atoms with Crippen LogP contribution in [0.4, 0.5) is 0 Å². The summed E-state index contributed by atoms with van der Waals surface area (Å²) in [5, 5.41) is 5.30. The number of sulfonamides is 1. The smallest absolute Gasteiger partial charge is 0.270 e.